The molecule has 2 heterocycles. The van der Waals surface area contributed by atoms with Crippen LogP contribution in [0.3, 0.4) is 0 Å². The first-order valence-corrected chi connectivity index (χ1v) is 17.2. The zero-order valence-corrected chi connectivity index (χ0v) is 25.7. The number of halogens is 6. The van der Waals surface area contributed by atoms with E-state index in [1.54, 1.807) is 12.1 Å². The molecule has 1 aliphatic heterocycles. The average Bonchev–Trinajstić information content (AvgIpc) is 3.24. The minimum atomic E-state index is -4.76. The van der Waals surface area contributed by atoms with E-state index in [0.29, 0.717) is 40.7 Å². The predicted octanol–water partition coefficient (Wildman–Crippen LogP) is 5.02. The molecule has 1 fully saturated rings. The number of carbonyl (C=O) groups is 1. The van der Waals surface area contributed by atoms with Gasteiger partial charge in [-0.15, -0.1) is 11.3 Å². The quantitative estimate of drug-likeness (QED) is 0.210. The molecule has 45 heavy (non-hydrogen) atoms. The summed E-state index contributed by atoms with van der Waals surface area (Å²) in [7, 11) is -7.88. The van der Waals surface area contributed by atoms with Crippen molar-refractivity contribution in [1.82, 2.24) is 4.72 Å². The van der Waals surface area contributed by atoms with Crippen LogP contribution in [0.5, 0.6) is 5.75 Å². The highest BCUT2D eigenvalue weighted by molar-refractivity contribution is 7.91. The number of carbonyl (C=O) groups excluding carboxylic acids is 1. The highest BCUT2D eigenvalue weighted by Gasteiger charge is 2.32. The Bertz CT molecular complexity index is 1870. The highest BCUT2D eigenvalue weighted by atomic mass is 32.2. The van der Waals surface area contributed by atoms with Gasteiger partial charge in [0.15, 0.2) is 5.75 Å². The van der Waals surface area contributed by atoms with Crippen molar-refractivity contribution in [1.29, 1.82) is 0 Å². The Hall–Kier alpha value is -3.69. The molecule has 1 amide bonds. The van der Waals surface area contributed by atoms with E-state index in [1.807, 2.05) is 0 Å². The fourth-order valence-corrected chi connectivity index (χ4v) is 8.32. The van der Waals surface area contributed by atoms with Gasteiger partial charge in [0.25, 0.3) is 10.0 Å². The van der Waals surface area contributed by atoms with Crippen LogP contribution in [0, 0.1) is 17.7 Å². The number of sulfone groups is 1. The first kappa shape index (κ1) is 34.2. The number of thiophene rings is 1. The molecule has 1 saturated heterocycles. The second kappa shape index (κ2) is 13.3. The molecular weight excluding hydrogens is 673 g/mol. The maximum atomic E-state index is 14.7. The standard InChI is InChI=1S/C27H25F6N3O6S3/c1-15(37)36-45(40,41)24-13-22(42-26(29)30)21(12-19(24)28)34-9-3-6-23-18(14-27(31,32)33)17-4-2-5-20(25(17)43-23)35-16-7-10-44(38,39)11-8-16/h2,4-5,12-13,16,26,34-35H,7-11,14H2,1H3,(H,36,37). The van der Waals surface area contributed by atoms with Crippen LogP contribution in [0.4, 0.5) is 37.7 Å². The van der Waals surface area contributed by atoms with Crippen LogP contribution < -0.4 is 20.1 Å². The molecule has 0 unspecified atom stereocenters. The molecule has 1 aromatic heterocycles. The maximum Gasteiger partial charge on any atom is 0.393 e. The van der Waals surface area contributed by atoms with E-state index in [-0.39, 0.29) is 28.0 Å². The summed E-state index contributed by atoms with van der Waals surface area (Å²) in [5.74, 6) is 1.95. The van der Waals surface area contributed by atoms with Crippen molar-refractivity contribution < 1.29 is 52.7 Å². The van der Waals surface area contributed by atoms with Crippen molar-refractivity contribution >= 4 is 58.6 Å². The molecule has 0 radical (unpaired) electrons. The van der Waals surface area contributed by atoms with Crippen LogP contribution in [0.25, 0.3) is 10.1 Å². The zero-order valence-electron chi connectivity index (χ0n) is 23.2. The van der Waals surface area contributed by atoms with Gasteiger partial charge in [0.05, 0.1) is 45.4 Å². The monoisotopic (exact) mass is 697 g/mol. The summed E-state index contributed by atoms with van der Waals surface area (Å²) in [6, 6.07) is 5.55. The van der Waals surface area contributed by atoms with Crippen molar-refractivity contribution in [2.24, 2.45) is 0 Å². The molecule has 1 aliphatic rings. The van der Waals surface area contributed by atoms with Gasteiger partial charge in [0, 0.05) is 25.1 Å². The maximum absolute atomic E-state index is 14.7. The van der Waals surface area contributed by atoms with Gasteiger partial charge in [-0.05, 0) is 29.9 Å². The molecule has 18 heteroatoms. The Morgan fingerprint density at radius 2 is 1.84 bits per heavy atom. The number of sulfonamides is 1. The molecule has 2 aromatic carbocycles. The first-order valence-electron chi connectivity index (χ1n) is 13.1. The van der Waals surface area contributed by atoms with Crippen LogP contribution in [-0.2, 0) is 31.1 Å². The van der Waals surface area contributed by atoms with Gasteiger partial charge in [0.2, 0.25) is 5.91 Å². The third-order valence-corrected chi connectivity index (χ3v) is 10.9. The van der Waals surface area contributed by atoms with Crippen LogP contribution in [-0.4, -0.2) is 59.6 Å². The summed E-state index contributed by atoms with van der Waals surface area (Å²) < 4.78 is 136. The van der Waals surface area contributed by atoms with Gasteiger partial charge < -0.3 is 15.4 Å². The fourth-order valence-electron chi connectivity index (χ4n) is 4.60. The van der Waals surface area contributed by atoms with E-state index >= 15 is 0 Å². The van der Waals surface area contributed by atoms with Gasteiger partial charge in [-0.25, -0.2) is 25.9 Å². The number of nitrogens with one attached hydrogen (secondary N) is 3. The van der Waals surface area contributed by atoms with E-state index in [0.717, 1.165) is 18.3 Å². The normalized spacial score (nSPS) is 15.4. The lowest BCUT2D eigenvalue weighted by Crippen LogP contribution is -2.32. The number of alkyl halides is 5. The van der Waals surface area contributed by atoms with Crippen LogP contribution in [0.2, 0.25) is 0 Å². The summed E-state index contributed by atoms with van der Waals surface area (Å²) in [6.45, 7) is -3.00. The average molecular weight is 698 g/mol. The van der Waals surface area contributed by atoms with Gasteiger partial charge in [0.1, 0.15) is 20.5 Å². The second-order valence-electron chi connectivity index (χ2n) is 9.93. The summed E-state index contributed by atoms with van der Waals surface area (Å²) in [4.78, 5) is 10.1. The largest absolute Gasteiger partial charge is 0.433 e. The third-order valence-electron chi connectivity index (χ3n) is 6.50. The molecule has 0 spiro atoms. The minimum absolute atomic E-state index is 0.00402. The van der Waals surface area contributed by atoms with Crippen molar-refractivity contribution in [2.75, 3.05) is 28.7 Å². The molecule has 0 bridgehead atoms. The Labute approximate surface area is 258 Å². The minimum Gasteiger partial charge on any atom is -0.433 e. The fraction of sp³-hybridized carbons (Fsp3) is 0.370. The number of amides is 1. The number of anilines is 2. The molecule has 9 nitrogen and oxygen atoms in total. The lowest BCUT2D eigenvalue weighted by Gasteiger charge is -2.24. The zero-order chi connectivity index (χ0) is 33.2. The lowest BCUT2D eigenvalue weighted by atomic mass is 10.1. The number of hydrogen-bond donors (Lipinski definition) is 3. The second-order valence-corrected chi connectivity index (χ2v) is 14.9. The molecule has 0 aliphatic carbocycles. The van der Waals surface area contributed by atoms with Gasteiger partial charge in [-0.3, -0.25) is 4.79 Å². The molecular formula is C27H25F6N3O6S3. The highest BCUT2D eigenvalue weighted by Crippen LogP contribution is 2.39. The van der Waals surface area contributed by atoms with Crippen molar-refractivity contribution in [3.05, 3.63) is 46.6 Å². The van der Waals surface area contributed by atoms with Crippen LogP contribution in [0.15, 0.2) is 35.2 Å². The Morgan fingerprint density at radius 3 is 2.47 bits per heavy atom. The summed E-state index contributed by atoms with van der Waals surface area (Å²) >= 11 is 0.982. The van der Waals surface area contributed by atoms with E-state index in [4.69, 9.17) is 0 Å². The van der Waals surface area contributed by atoms with Crippen LogP contribution >= 0.6 is 11.3 Å². The number of fused-ring (bicyclic) bond motifs is 1. The number of hydrogen-bond acceptors (Lipinski definition) is 9. The molecule has 244 valence electrons. The molecule has 0 atom stereocenters. The molecule has 4 rings (SSSR count). The molecule has 3 aromatic rings. The topological polar surface area (TPSA) is 131 Å². The van der Waals surface area contributed by atoms with Crippen LogP contribution in [0.1, 0.15) is 30.2 Å². The smallest absolute Gasteiger partial charge is 0.393 e. The SMILES string of the molecule is CC(=O)NS(=O)(=O)c1cc(OC(F)F)c(NCC#Cc2sc3c(NC4CCS(=O)(=O)CC4)cccc3c2CC(F)(F)F)cc1F. The summed E-state index contributed by atoms with van der Waals surface area (Å²) in [5, 5.41) is 6.02. The Kier molecular flexibility index (Phi) is 10.1. The number of benzene rings is 2. The third kappa shape index (κ3) is 8.95. The van der Waals surface area contributed by atoms with Gasteiger partial charge in [-0.1, -0.05) is 24.0 Å². The molecule has 0 saturated carbocycles. The van der Waals surface area contributed by atoms with Crippen molar-refractivity contribution in [3.63, 3.8) is 0 Å². The Morgan fingerprint density at radius 1 is 1.16 bits per heavy atom. The van der Waals surface area contributed by atoms with E-state index in [1.165, 1.54) is 10.8 Å². The Balaban J connectivity index is 1.63. The lowest BCUT2D eigenvalue weighted by molar-refractivity contribution is -0.127. The first-order chi connectivity index (χ1) is 20.9. The number of rotatable bonds is 9. The summed E-state index contributed by atoms with van der Waals surface area (Å²) in [5.41, 5.74) is -0.00292. The van der Waals surface area contributed by atoms with Crippen molar-refractivity contribution in [2.45, 2.75) is 49.9 Å². The predicted molar refractivity (Wildman–Crippen MR) is 156 cm³/mol. The van der Waals surface area contributed by atoms with Crippen molar-refractivity contribution in [3.8, 4) is 17.6 Å². The summed E-state index contributed by atoms with van der Waals surface area (Å²) in [6.07, 6.45) is -5.19. The number of ether oxygens (including phenoxy) is 1. The van der Waals surface area contributed by atoms with Gasteiger partial charge >= 0.3 is 12.8 Å². The molecule has 3 N–H and O–H groups in total. The van der Waals surface area contributed by atoms with E-state index in [9.17, 15) is 48.0 Å². The van der Waals surface area contributed by atoms with E-state index < -0.39 is 73.7 Å². The van der Waals surface area contributed by atoms with Gasteiger partial charge in [-0.2, -0.15) is 22.0 Å². The van der Waals surface area contributed by atoms with E-state index in [2.05, 4.69) is 27.2 Å².